The van der Waals surface area contributed by atoms with Crippen LogP contribution in [0.1, 0.15) is 30.6 Å². The molecule has 1 aromatic rings. The average molecular weight is 331 g/mol. The smallest absolute Gasteiger partial charge is 0.339 e. The van der Waals surface area contributed by atoms with Crippen molar-refractivity contribution in [3.8, 4) is 0 Å². The summed E-state index contributed by atoms with van der Waals surface area (Å²) in [7, 11) is 1.63. The van der Waals surface area contributed by atoms with Gasteiger partial charge in [0.15, 0.2) is 0 Å². The lowest BCUT2D eigenvalue weighted by Gasteiger charge is -2.30. The molecule has 1 atom stereocenters. The SMILES string of the molecule is CCC(C)N(CCOC)c1ncc(Br)cc1C(=O)O. The first kappa shape index (κ1) is 15.9. The van der Waals surface area contributed by atoms with Crippen molar-refractivity contribution in [1.82, 2.24) is 4.98 Å². The van der Waals surface area contributed by atoms with E-state index in [0.29, 0.717) is 23.4 Å². The first-order valence-corrected chi connectivity index (χ1v) is 6.95. The summed E-state index contributed by atoms with van der Waals surface area (Å²) < 4.78 is 5.74. The topological polar surface area (TPSA) is 62.7 Å². The van der Waals surface area contributed by atoms with Gasteiger partial charge in [0, 0.05) is 30.4 Å². The zero-order valence-electron chi connectivity index (χ0n) is 11.4. The van der Waals surface area contributed by atoms with E-state index in [9.17, 15) is 9.90 Å². The van der Waals surface area contributed by atoms with Gasteiger partial charge in [0.2, 0.25) is 0 Å². The van der Waals surface area contributed by atoms with Gasteiger partial charge in [0.1, 0.15) is 11.4 Å². The number of halogens is 1. The number of carboxylic acids is 1. The van der Waals surface area contributed by atoms with E-state index in [1.807, 2.05) is 11.8 Å². The lowest BCUT2D eigenvalue weighted by atomic mass is 10.1. The number of nitrogens with zero attached hydrogens (tertiary/aromatic N) is 2. The number of carboxylic acid groups (broad SMARTS) is 1. The maximum atomic E-state index is 11.3. The molecule has 1 heterocycles. The van der Waals surface area contributed by atoms with Gasteiger partial charge < -0.3 is 14.7 Å². The molecule has 1 aromatic heterocycles. The van der Waals surface area contributed by atoms with Gasteiger partial charge in [-0.25, -0.2) is 9.78 Å². The number of hydrogen-bond donors (Lipinski definition) is 1. The van der Waals surface area contributed by atoms with Crippen LogP contribution in [-0.2, 0) is 4.74 Å². The number of pyridine rings is 1. The maximum absolute atomic E-state index is 11.3. The van der Waals surface area contributed by atoms with E-state index in [-0.39, 0.29) is 11.6 Å². The molecule has 0 aliphatic heterocycles. The molecule has 5 nitrogen and oxygen atoms in total. The van der Waals surface area contributed by atoms with Gasteiger partial charge >= 0.3 is 5.97 Å². The number of anilines is 1. The van der Waals surface area contributed by atoms with Gasteiger partial charge in [0.05, 0.1) is 6.61 Å². The van der Waals surface area contributed by atoms with Crippen LogP contribution in [0, 0.1) is 0 Å². The summed E-state index contributed by atoms with van der Waals surface area (Å²) >= 11 is 3.25. The Morgan fingerprint density at radius 1 is 1.63 bits per heavy atom. The van der Waals surface area contributed by atoms with E-state index in [0.717, 1.165) is 6.42 Å². The zero-order valence-corrected chi connectivity index (χ0v) is 13.0. The van der Waals surface area contributed by atoms with E-state index >= 15 is 0 Å². The summed E-state index contributed by atoms with van der Waals surface area (Å²) in [5.41, 5.74) is 0.200. The number of aromatic nitrogens is 1. The highest BCUT2D eigenvalue weighted by Gasteiger charge is 2.21. The molecule has 1 N–H and O–H groups in total. The van der Waals surface area contributed by atoms with Crippen molar-refractivity contribution < 1.29 is 14.6 Å². The molecular formula is C13H19BrN2O3. The Balaban J connectivity index is 3.17. The van der Waals surface area contributed by atoms with Crippen LogP contribution in [0.25, 0.3) is 0 Å². The average Bonchev–Trinajstić information content (AvgIpc) is 2.39. The minimum Gasteiger partial charge on any atom is -0.478 e. The Labute approximate surface area is 121 Å². The number of aromatic carboxylic acids is 1. The van der Waals surface area contributed by atoms with Crippen molar-refractivity contribution >= 4 is 27.7 Å². The van der Waals surface area contributed by atoms with Crippen LogP contribution in [0.4, 0.5) is 5.82 Å². The van der Waals surface area contributed by atoms with Crippen LogP contribution in [0.15, 0.2) is 16.7 Å². The predicted molar refractivity (Wildman–Crippen MR) is 77.9 cm³/mol. The largest absolute Gasteiger partial charge is 0.478 e. The highest BCUT2D eigenvalue weighted by molar-refractivity contribution is 9.10. The number of carbonyl (C=O) groups is 1. The Hall–Kier alpha value is -1.14. The van der Waals surface area contributed by atoms with Crippen LogP contribution in [0.3, 0.4) is 0 Å². The van der Waals surface area contributed by atoms with Crippen LogP contribution < -0.4 is 4.90 Å². The Bertz CT molecular complexity index is 440. The van der Waals surface area contributed by atoms with Crippen molar-refractivity contribution in [3.05, 3.63) is 22.3 Å². The molecule has 0 spiro atoms. The Kier molecular flexibility index (Phi) is 6.24. The summed E-state index contributed by atoms with van der Waals surface area (Å²) in [5.74, 6) is -0.489. The van der Waals surface area contributed by atoms with Gasteiger partial charge in [-0.05, 0) is 35.3 Å². The normalized spacial score (nSPS) is 12.2. The standard InChI is InChI=1S/C13H19BrN2O3/c1-4-9(2)16(5-6-19-3)12-11(13(17)18)7-10(14)8-15-12/h7-9H,4-6H2,1-3H3,(H,17,18). The molecule has 106 valence electrons. The second-order valence-electron chi connectivity index (χ2n) is 4.27. The van der Waals surface area contributed by atoms with Crippen molar-refractivity contribution in [2.45, 2.75) is 26.3 Å². The van der Waals surface area contributed by atoms with Crippen LogP contribution >= 0.6 is 15.9 Å². The van der Waals surface area contributed by atoms with Gasteiger partial charge in [-0.15, -0.1) is 0 Å². The number of hydrogen-bond acceptors (Lipinski definition) is 4. The van der Waals surface area contributed by atoms with E-state index in [1.54, 1.807) is 19.4 Å². The molecule has 0 aliphatic carbocycles. The fourth-order valence-electron chi connectivity index (χ4n) is 1.76. The van der Waals surface area contributed by atoms with Crippen LogP contribution in [0.2, 0.25) is 0 Å². The van der Waals surface area contributed by atoms with E-state index in [2.05, 4.69) is 27.8 Å². The van der Waals surface area contributed by atoms with Crippen molar-refractivity contribution in [2.75, 3.05) is 25.2 Å². The number of methoxy groups -OCH3 is 1. The van der Waals surface area contributed by atoms with Crippen LogP contribution in [0.5, 0.6) is 0 Å². The molecule has 6 heteroatoms. The molecule has 0 fully saturated rings. The van der Waals surface area contributed by atoms with E-state index < -0.39 is 5.97 Å². The predicted octanol–water partition coefficient (Wildman–Crippen LogP) is 2.79. The molecule has 0 bridgehead atoms. The molecule has 0 amide bonds. The summed E-state index contributed by atoms with van der Waals surface area (Å²) in [6.45, 7) is 5.25. The summed E-state index contributed by atoms with van der Waals surface area (Å²) in [5, 5.41) is 9.30. The Morgan fingerprint density at radius 2 is 2.32 bits per heavy atom. The first-order chi connectivity index (χ1) is 9.01. The lowest BCUT2D eigenvalue weighted by molar-refractivity contribution is 0.0697. The molecule has 0 saturated heterocycles. The minimum absolute atomic E-state index is 0.196. The summed E-state index contributed by atoms with van der Waals surface area (Å²) in [4.78, 5) is 17.6. The highest BCUT2D eigenvalue weighted by atomic mass is 79.9. The lowest BCUT2D eigenvalue weighted by Crippen LogP contribution is -2.37. The third-order valence-electron chi connectivity index (χ3n) is 2.99. The molecule has 0 radical (unpaired) electrons. The second-order valence-corrected chi connectivity index (χ2v) is 5.19. The molecule has 0 aliphatic rings. The molecule has 19 heavy (non-hydrogen) atoms. The third kappa shape index (κ3) is 4.18. The monoisotopic (exact) mass is 330 g/mol. The number of rotatable bonds is 7. The molecule has 1 rings (SSSR count). The maximum Gasteiger partial charge on any atom is 0.339 e. The fraction of sp³-hybridized carbons (Fsp3) is 0.538. The van der Waals surface area contributed by atoms with Gasteiger partial charge in [-0.2, -0.15) is 0 Å². The first-order valence-electron chi connectivity index (χ1n) is 6.15. The quantitative estimate of drug-likeness (QED) is 0.832. The van der Waals surface area contributed by atoms with Crippen LogP contribution in [-0.4, -0.2) is 42.4 Å². The van der Waals surface area contributed by atoms with Crippen molar-refractivity contribution in [2.24, 2.45) is 0 Å². The molecule has 0 saturated carbocycles. The fourth-order valence-corrected chi connectivity index (χ4v) is 2.09. The molecular weight excluding hydrogens is 312 g/mol. The zero-order chi connectivity index (χ0) is 14.4. The summed E-state index contributed by atoms with van der Waals surface area (Å²) in [6.07, 6.45) is 2.52. The number of ether oxygens (including phenoxy) is 1. The van der Waals surface area contributed by atoms with Gasteiger partial charge in [-0.1, -0.05) is 6.92 Å². The second kappa shape index (κ2) is 7.45. The minimum atomic E-state index is -0.977. The van der Waals surface area contributed by atoms with E-state index in [4.69, 9.17) is 4.74 Å². The summed E-state index contributed by atoms with van der Waals surface area (Å²) in [6, 6.07) is 1.77. The van der Waals surface area contributed by atoms with E-state index in [1.165, 1.54) is 0 Å². The highest BCUT2D eigenvalue weighted by Crippen LogP contribution is 2.24. The Morgan fingerprint density at radius 3 is 2.84 bits per heavy atom. The van der Waals surface area contributed by atoms with Gasteiger partial charge in [0.25, 0.3) is 0 Å². The van der Waals surface area contributed by atoms with Gasteiger partial charge in [-0.3, -0.25) is 0 Å². The third-order valence-corrected chi connectivity index (χ3v) is 3.43. The molecule has 1 unspecified atom stereocenters. The van der Waals surface area contributed by atoms with Crippen molar-refractivity contribution in [1.29, 1.82) is 0 Å². The molecule has 0 aromatic carbocycles. The van der Waals surface area contributed by atoms with Crippen molar-refractivity contribution in [3.63, 3.8) is 0 Å².